The van der Waals surface area contributed by atoms with Crippen LogP contribution in [-0.4, -0.2) is 31.5 Å². The van der Waals surface area contributed by atoms with Crippen molar-refractivity contribution in [3.63, 3.8) is 0 Å². The summed E-state index contributed by atoms with van der Waals surface area (Å²) in [5.74, 6) is 5.74. The van der Waals surface area contributed by atoms with E-state index in [1.165, 1.54) is 7.11 Å². The maximum absolute atomic E-state index is 12.2. The minimum atomic E-state index is -0.345. The average Bonchev–Trinajstić information content (AvgIpc) is 2.72. The van der Waals surface area contributed by atoms with Gasteiger partial charge in [-0.15, -0.1) is 0 Å². The highest BCUT2D eigenvalue weighted by atomic mass is 16.6. The van der Waals surface area contributed by atoms with Crippen molar-refractivity contribution in [2.45, 2.75) is 27.4 Å². The molecule has 2 aromatic rings. The zero-order valence-electron chi connectivity index (χ0n) is 17.4. The Balaban J connectivity index is 2.21. The molecule has 29 heavy (non-hydrogen) atoms. The fraction of sp³-hybridized carbons (Fsp3) is 0.261. The van der Waals surface area contributed by atoms with Crippen LogP contribution >= 0.6 is 0 Å². The second-order valence-electron chi connectivity index (χ2n) is 6.32. The lowest BCUT2D eigenvalue weighted by Gasteiger charge is -2.12. The number of benzene rings is 2. The Labute approximate surface area is 171 Å². The van der Waals surface area contributed by atoms with Crippen molar-refractivity contribution >= 4 is 17.3 Å². The molecule has 0 saturated carbocycles. The zero-order chi connectivity index (χ0) is 21.2. The predicted octanol–water partition coefficient (Wildman–Crippen LogP) is 3.34. The van der Waals surface area contributed by atoms with E-state index in [1.807, 2.05) is 50.2 Å². The molecule has 0 aliphatic rings. The molecule has 0 atom stereocenters. The van der Waals surface area contributed by atoms with Gasteiger partial charge in [0, 0.05) is 23.7 Å². The van der Waals surface area contributed by atoms with Crippen molar-refractivity contribution in [3.8, 4) is 11.8 Å². The quantitative estimate of drug-likeness (QED) is 0.466. The Bertz CT molecular complexity index is 998. The summed E-state index contributed by atoms with van der Waals surface area (Å²) in [5, 5.41) is 10.5. The molecule has 0 radical (unpaired) electrons. The minimum absolute atomic E-state index is 0.172. The van der Waals surface area contributed by atoms with E-state index in [9.17, 15) is 4.79 Å². The SMILES string of the molecule is CNC(=O)/C(=N/OC)c1cccc(C)c1CO/N=C(\C)C#Cc1ccccc1C. The van der Waals surface area contributed by atoms with Crippen molar-refractivity contribution in [3.05, 3.63) is 70.3 Å². The lowest BCUT2D eigenvalue weighted by Crippen LogP contribution is -2.29. The van der Waals surface area contributed by atoms with Gasteiger partial charge in [-0.3, -0.25) is 4.79 Å². The van der Waals surface area contributed by atoms with Crippen molar-refractivity contribution in [2.24, 2.45) is 10.3 Å². The van der Waals surface area contributed by atoms with Gasteiger partial charge in [0.2, 0.25) is 0 Å². The van der Waals surface area contributed by atoms with Crippen LogP contribution in [0.15, 0.2) is 52.8 Å². The van der Waals surface area contributed by atoms with Crippen LogP contribution in [0, 0.1) is 25.7 Å². The van der Waals surface area contributed by atoms with Crippen molar-refractivity contribution < 1.29 is 14.5 Å². The Hall–Kier alpha value is -3.59. The van der Waals surface area contributed by atoms with Gasteiger partial charge in [-0.1, -0.05) is 52.6 Å². The van der Waals surface area contributed by atoms with E-state index in [2.05, 4.69) is 27.5 Å². The van der Waals surface area contributed by atoms with Gasteiger partial charge in [0.15, 0.2) is 5.71 Å². The number of carbonyl (C=O) groups excluding carboxylic acids is 1. The van der Waals surface area contributed by atoms with Crippen LogP contribution in [0.5, 0.6) is 0 Å². The van der Waals surface area contributed by atoms with Crippen LogP contribution in [0.3, 0.4) is 0 Å². The fourth-order valence-electron chi connectivity index (χ4n) is 2.63. The van der Waals surface area contributed by atoms with E-state index in [0.717, 1.165) is 22.3 Å². The predicted molar refractivity (Wildman–Crippen MR) is 115 cm³/mol. The molecule has 0 bridgehead atoms. The van der Waals surface area contributed by atoms with E-state index in [-0.39, 0.29) is 18.2 Å². The molecule has 0 spiro atoms. The molecule has 0 heterocycles. The van der Waals surface area contributed by atoms with Gasteiger partial charge in [0.25, 0.3) is 5.91 Å². The van der Waals surface area contributed by atoms with E-state index in [0.29, 0.717) is 11.3 Å². The number of carbonyl (C=O) groups is 1. The maximum atomic E-state index is 12.2. The largest absolute Gasteiger partial charge is 0.398 e. The number of rotatable bonds is 6. The molecule has 6 nitrogen and oxygen atoms in total. The van der Waals surface area contributed by atoms with E-state index < -0.39 is 0 Å². The van der Waals surface area contributed by atoms with Crippen LogP contribution in [0.1, 0.15) is 34.7 Å². The molecule has 2 rings (SSSR count). The molecular weight excluding hydrogens is 366 g/mol. The number of likely N-dealkylation sites (N-methyl/N-ethyl adjacent to an activating group) is 1. The second kappa shape index (κ2) is 10.7. The summed E-state index contributed by atoms with van der Waals surface area (Å²) < 4.78 is 0. The smallest absolute Gasteiger partial charge is 0.273 e. The number of hydrogen-bond acceptors (Lipinski definition) is 5. The van der Waals surface area contributed by atoms with E-state index in [4.69, 9.17) is 9.68 Å². The monoisotopic (exact) mass is 391 g/mol. The maximum Gasteiger partial charge on any atom is 0.273 e. The van der Waals surface area contributed by atoms with Gasteiger partial charge < -0.3 is 15.0 Å². The van der Waals surface area contributed by atoms with Gasteiger partial charge in [-0.05, 0) is 43.9 Å². The summed E-state index contributed by atoms with van der Waals surface area (Å²) in [7, 11) is 2.94. The number of amides is 1. The summed E-state index contributed by atoms with van der Waals surface area (Å²) in [6.07, 6.45) is 0. The molecule has 150 valence electrons. The Kier molecular flexibility index (Phi) is 7.99. The normalized spacial score (nSPS) is 11.3. The highest BCUT2D eigenvalue weighted by Crippen LogP contribution is 2.17. The zero-order valence-corrected chi connectivity index (χ0v) is 17.4. The molecule has 0 fully saturated rings. The summed E-state index contributed by atoms with van der Waals surface area (Å²) in [4.78, 5) is 22.6. The number of aryl methyl sites for hydroxylation is 2. The van der Waals surface area contributed by atoms with Crippen LogP contribution < -0.4 is 5.32 Å². The van der Waals surface area contributed by atoms with Crippen molar-refractivity contribution in [1.82, 2.24) is 5.32 Å². The summed E-state index contributed by atoms with van der Waals surface area (Å²) in [6, 6.07) is 13.5. The standard InChI is InChI=1S/C23H25N3O3/c1-16-9-6-7-11-19(16)14-13-18(3)25-29-15-21-17(2)10-8-12-20(21)22(26-28-5)23(27)24-4/h6-12H,15H2,1-5H3,(H,24,27)/b25-18+,26-22+. The molecule has 0 aliphatic heterocycles. The summed E-state index contributed by atoms with van der Waals surface area (Å²) in [5.41, 5.74) is 5.18. The van der Waals surface area contributed by atoms with Crippen LogP contribution in [-0.2, 0) is 21.1 Å². The minimum Gasteiger partial charge on any atom is -0.398 e. The van der Waals surface area contributed by atoms with Crippen molar-refractivity contribution in [1.29, 1.82) is 0 Å². The molecule has 1 N–H and O–H groups in total. The Morgan fingerprint density at radius 2 is 1.79 bits per heavy atom. The van der Waals surface area contributed by atoms with Crippen LogP contribution in [0.25, 0.3) is 0 Å². The summed E-state index contributed by atoms with van der Waals surface area (Å²) >= 11 is 0. The van der Waals surface area contributed by atoms with Crippen LogP contribution in [0.2, 0.25) is 0 Å². The van der Waals surface area contributed by atoms with Gasteiger partial charge in [0.05, 0.1) is 0 Å². The van der Waals surface area contributed by atoms with Gasteiger partial charge in [-0.25, -0.2) is 0 Å². The first-order valence-corrected chi connectivity index (χ1v) is 9.14. The highest BCUT2D eigenvalue weighted by molar-refractivity contribution is 6.45. The van der Waals surface area contributed by atoms with Crippen molar-refractivity contribution in [2.75, 3.05) is 14.2 Å². The average molecular weight is 391 g/mol. The third kappa shape index (κ3) is 5.94. The third-order valence-electron chi connectivity index (χ3n) is 4.22. The lowest BCUT2D eigenvalue weighted by molar-refractivity contribution is -0.114. The Morgan fingerprint density at radius 3 is 2.48 bits per heavy atom. The molecule has 6 heteroatoms. The highest BCUT2D eigenvalue weighted by Gasteiger charge is 2.19. The lowest BCUT2D eigenvalue weighted by atomic mass is 9.98. The molecule has 0 aliphatic carbocycles. The van der Waals surface area contributed by atoms with Gasteiger partial charge in [0.1, 0.15) is 19.4 Å². The number of nitrogens with one attached hydrogen (secondary N) is 1. The van der Waals surface area contributed by atoms with E-state index >= 15 is 0 Å². The summed E-state index contributed by atoms with van der Waals surface area (Å²) in [6.45, 7) is 5.90. The molecule has 1 amide bonds. The fourth-order valence-corrected chi connectivity index (χ4v) is 2.63. The molecular formula is C23H25N3O3. The Morgan fingerprint density at radius 1 is 1.07 bits per heavy atom. The first-order valence-electron chi connectivity index (χ1n) is 9.14. The van der Waals surface area contributed by atoms with Gasteiger partial charge in [-0.2, -0.15) is 0 Å². The molecule has 0 unspecified atom stereocenters. The number of hydrogen-bond donors (Lipinski definition) is 1. The third-order valence-corrected chi connectivity index (χ3v) is 4.22. The number of oxime groups is 2. The second-order valence-corrected chi connectivity index (χ2v) is 6.32. The molecule has 0 saturated heterocycles. The van der Waals surface area contributed by atoms with Crippen LogP contribution in [0.4, 0.5) is 0 Å². The molecule has 2 aromatic carbocycles. The first-order chi connectivity index (χ1) is 14.0. The first kappa shape index (κ1) is 21.7. The molecule has 0 aromatic heterocycles. The number of nitrogens with zero attached hydrogens (tertiary/aromatic N) is 2. The topological polar surface area (TPSA) is 72.3 Å². The van der Waals surface area contributed by atoms with Gasteiger partial charge >= 0.3 is 0 Å². The van der Waals surface area contributed by atoms with E-state index in [1.54, 1.807) is 20.0 Å².